The van der Waals surface area contributed by atoms with Gasteiger partial charge in [-0.15, -0.1) is 0 Å². The second-order valence-electron chi connectivity index (χ2n) is 4.21. The van der Waals surface area contributed by atoms with E-state index in [4.69, 9.17) is 11.6 Å². The maximum absolute atomic E-state index is 13.6. The number of halogens is 2. The molecule has 0 aliphatic carbocycles. The highest BCUT2D eigenvalue weighted by molar-refractivity contribution is 6.33. The first-order chi connectivity index (χ1) is 10.5. The normalized spacial score (nSPS) is 9.95. The fraction of sp³-hybridized carbons (Fsp3) is 0.0667. The van der Waals surface area contributed by atoms with Gasteiger partial charge in [0.15, 0.2) is 0 Å². The molecule has 0 radical (unpaired) electrons. The molecule has 0 spiro atoms. The van der Waals surface area contributed by atoms with Crippen LogP contribution in [0.2, 0.25) is 5.02 Å². The van der Waals surface area contributed by atoms with Crippen LogP contribution in [0.4, 0.5) is 20.6 Å². The summed E-state index contributed by atoms with van der Waals surface area (Å²) in [6.45, 7) is 0. The van der Waals surface area contributed by atoms with E-state index >= 15 is 0 Å². The fourth-order valence-corrected chi connectivity index (χ4v) is 1.97. The first kappa shape index (κ1) is 15.8. The summed E-state index contributed by atoms with van der Waals surface area (Å²) in [6.07, 6.45) is 0. The minimum absolute atomic E-state index is 0.0661. The molecule has 22 heavy (non-hydrogen) atoms. The van der Waals surface area contributed by atoms with E-state index in [1.54, 1.807) is 12.1 Å². The molecule has 0 unspecified atom stereocenters. The molecule has 114 valence electrons. The summed E-state index contributed by atoms with van der Waals surface area (Å²) in [5.41, 5.74) is 0.274. The molecule has 2 aromatic carbocycles. The predicted molar refractivity (Wildman–Crippen MR) is 81.8 cm³/mol. The van der Waals surface area contributed by atoms with Gasteiger partial charge >= 0.3 is 12.0 Å². The third-order valence-electron chi connectivity index (χ3n) is 2.78. The van der Waals surface area contributed by atoms with E-state index in [1.165, 1.54) is 37.4 Å². The monoisotopic (exact) mass is 322 g/mol. The highest BCUT2D eigenvalue weighted by atomic mass is 35.5. The minimum Gasteiger partial charge on any atom is -0.465 e. The van der Waals surface area contributed by atoms with Crippen molar-refractivity contribution in [2.24, 2.45) is 0 Å². The standard InChI is InChI=1S/C15H12ClFN2O3/c1-22-14(20)9-5-2-3-8-12(9)18-15(21)19-13-10(16)6-4-7-11(13)17/h2-8H,1H3,(H2,18,19,21). The van der Waals surface area contributed by atoms with E-state index in [1.807, 2.05) is 0 Å². The molecular weight excluding hydrogens is 311 g/mol. The Kier molecular flexibility index (Phi) is 4.95. The van der Waals surface area contributed by atoms with Crippen LogP contribution in [0.3, 0.4) is 0 Å². The van der Waals surface area contributed by atoms with Gasteiger partial charge in [0, 0.05) is 0 Å². The van der Waals surface area contributed by atoms with Crippen molar-refractivity contribution in [2.75, 3.05) is 17.7 Å². The molecule has 0 atom stereocenters. The number of carbonyl (C=O) groups excluding carboxylic acids is 2. The van der Waals surface area contributed by atoms with Gasteiger partial charge in [-0.05, 0) is 24.3 Å². The van der Waals surface area contributed by atoms with Crippen molar-refractivity contribution in [1.82, 2.24) is 0 Å². The van der Waals surface area contributed by atoms with Crippen LogP contribution in [0.25, 0.3) is 0 Å². The number of carbonyl (C=O) groups is 2. The zero-order valence-electron chi connectivity index (χ0n) is 11.5. The molecule has 0 saturated carbocycles. The molecule has 7 heteroatoms. The average molecular weight is 323 g/mol. The van der Waals surface area contributed by atoms with Crippen molar-refractivity contribution in [1.29, 1.82) is 0 Å². The summed E-state index contributed by atoms with van der Waals surface area (Å²) in [5, 5.41) is 4.82. The Balaban J connectivity index is 2.18. The molecule has 0 heterocycles. The number of hydrogen-bond acceptors (Lipinski definition) is 3. The summed E-state index contributed by atoms with van der Waals surface area (Å²) in [6, 6.07) is 9.59. The van der Waals surface area contributed by atoms with E-state index in [2.05, 4.69) is 15.4 Å². The number of hydrogen-bond donors (Lipinski definition) is 2. The molecule has 0 fully saturated rings. The van der Waals surface area contributed by atoms with Crippen LogP contribution in [0.5, 0.6) is 0 Å². The lowest BCUT2D eigenvalue weighted by Gasteiger charge is -2.12. The molecule has 0 aliphatic rings. The highest BCUT2D eigenvalue weighted by Gasteiger charge is 2.15. The predicted octanol–water partition coefficient (Wildman–Crippen LogP) is 3.91. The van der Waals surface area contributed by atoms with Crippen molar-refractivity contribution < 1.29 is 18.7 Å². The summed E-state index contributed by atoms with van der Waals surface area (Å²) in [4.78, 5) is 23.6. The Hall–Kier alpha value is -2.60. The van der Waals surface area contributed by atoms with Gasteiger partial charge in [0.1, 0.15) is 5.82 Å². The maximum Gasteiger partial charge on any atom is 0.339 e. The zero-order chi connectivity index (χ0) is 16.1. The van der Waals surface area contributed by atoms with Gasteiger partial charge in [-0.2, -0.15) is 0 Å². The topological polar surface area (TPSA) is 67.4 Å². The lowest BCUT2D eigenvalue weighted by atomic mass is 10.2. The Morgan fingerprint density at radius 2 is 1.82 bits per heavy atom. The van der Waals surface area contributed by atoms with E-state index in [9.17, 15) is 14.0 Å². The molecule has 0 saturated heterocycles. The molecule has 5 nitrogen and oxygen atoms in total. The summed E-state index contributed by atoms with van der Waals surface area (Å²) in [7, 11) is 1.23. The first-order valence-electron chi connectivity index (χ1n) is 6.22. The zero-order valence-corrected chi connectivity index (χ0v) is 12.3. The average Bonchev–Trinajstić information content (AvgIpc) is 2.51. The molecule has 0 bridgehead atoms. The van der Waals surface area contributed by atoms with Crippen molar-refractivity contribution >= 4 is 35.0 Å². The van der Waals surface area contributed by atoms with Crippen molar-refractivity contribution in [3.63, 3.8) is 0 Å². The third-order valence-corrected chi connectivity index (χ3v) is 3.10. The fourth-order valence-electron chi connectivity index (χ4n) is 1.76. The lowest BCUT2D eigenvalue weighted by Crippen LogP contribution is -2.22. The smallest absolute Gasteiger partial charge is 0.339 e. The minimum atomic E-state index is -0.733. The molecule has 2 rings (SSSR count). The van der Waals surface area contributed by atoms with Crippen LogP contribution in [0.1, 0.15) is 10.4 Å². The number of urea groups is 1. The van der Waals surface area contributed by atoms with Gasteiger partial charge < -0.3 is 15.4 Å². The Bertz CT molecular complexity index is 701. The van der Waals surface area contributed by atoms with Crippen LogP contribution in [-0.2, 0) is 4.74 Å². The number of ether oxygens (including phenoxy) is 1. The van der Waals surface area contributed by atoms with Crippen molar-refractivity contribution in [2.45, 2.75) is 0 Å². The van der Waals surface area contributed by atoms with Crippen molar-refractivity contribution in [3.8, 4) is 0 Å². The number of amides is 2. The lowest BCUT2D eigenvalue weighted by molar-refractivity contribution is 0.0602. The number of esters is 1. The quantitative estimate of drug-likeness (QED) is 0.842. The van der Waals surface area contributed by atoms with E-state index < -0.39 is 17.8 Å². The van der Waals surface area contributed by atoms with Crippen LogP contribution in [-0.4, -0.2) is 19.1 Å². The molecule has 0 aromatic heterocycles. The summed E-state index contributed by atoms with van der Waals surface area (Å²) in [5.74, 6) is -1.26. The van der Waals surface area contributed by atoms with Gasteiger partial charge in [0.05, 0.1) is 29.1 Å². The molecule has 2 aromatic rings. The number of benzene rings is 2. The highest BCUT2D eigenvalue weighted by Crippen LogP contribution is 2.25. The van der Waals surface area contributed by atoms with Crippen LogP contribution in [0.15, 0.2) is 42.5 Å². The largest absolute Gasteiger partial charge is 0.465 e. The van der Waals surface area contributed by atoms with E-state index in [0.29, 0.717) is 0 Å². The van der Waals surface area contributed by atoms with E-state index in [-0.39, 0.29) is 22.0 Å². The Labute approximate surface area is 131 Å². The number of methoxy groups -OCH3 is 1. The van der Waals surface area contributed by atoms with Crippen molar-refractivity contribution in [3.05, 3.63) is 58.9 Å². The Morgan fingerprint density at radius 1 is 1.09 bits per heavy atom. The third kappa shape index (κ3) is 3.53. The van der Waals surface area contributed by atoms with Gasteiger partial charge in [0.2, 0.25) is 0 Å². The van der Waals surface area contributed by atoms with Crippen LogP contribution >= 0.6 is 11.6 Å². The first-order valence-corrected chi connectivity index (χ1v) is 6.60. The van der Waals surface area contributed by atoms with Crippen LogP contribution < -0.4 is 10.6 Å². The van der Waals surface area contributed by atoms with Gasteiger partial charge in [-0.1, -0.05) is 29.8 Å². The molecule has 2 N–H and O–H groups in total. The molecule has 0 aliphatic heterocycles. The SMILES string of the molecule is COC(=O)c1ccccc1NC(=O)Nc1c(F)cccc1Cl. The molecular formula is C15H12ClFN2O3. The summed E-state index contributed by atoms with van der Waals surface area (Å²) < 4.78 is 18.2. The second kappa shape index (κ2) is 6.91. The number of para-hydroxylation sites is 2. The maximum atomic E-state index is 13.6. The summed E-state index contributed by atoms with van der Waals surface area (Å²) >= 11 is 5.82. The number of nitrogens with one attached hydrogen (secondary N) is 2. The molecule has 2 amide bonds. The second-order valence-corrected chi connectivity index (χ2v) is 4.62. The van der Waals surface area contributed by atoms with Gasteiger partial charge in [0.25, 0.3) is 0 Å². The van der Waals surface area contributed by atoms with E-state index in [0.717, 1.165) is 0 Å². The van der Waals surface area contributed by atoms with Gasteiger partial charge in [-0.25, -0.2) is 14.0 Å². The Morgan fingerprint density at radius 3 is 2.50 bits per heavy atom. The number of anilines is 2. The number of rotatable bonds is 3. The van der Waals surface area contributed by atoms with Gasteiger partial charge in [-0.3, -0.25) is 0 Å². The van der Waals surface area contributed by atoms with Crippen LogP contribution in [0, 0.1) is 5.82 Å².